The van der Waals surface area contributed by atoms with Gasteiger partial charge in [0.1, 0.15) is 11.5 Å². The molecule has 0 atom stereocenters. The molecule has 2 aromatic carbocycles. The van der Waals surface area contributed by atoms with Gasteiger partial charge in [-0.3, -0.25) is 10.1 Å². The van der Waals surface area contributed by atoms with Crippen molar-refractivity contribution in [3.05, 3.63) is 52.1 Å². The molecule has 0 aromatic heterocycles. The van der Waals surface area contributed by atoms with Crippen molar-refractivity contribution in [1.29, 1.82) is 0 Å². The normalized spacial score (nSPS) is 10.9. The number of nitro benzene ring substituents is 1. The largest absolute Gasteiger partial charge is 0.497 e. The number of benzene rings is 2. The molecule has 0 saturated heterocycles. The average molecular weight is 401 g/mol. The third-order valence-corrected chi connectivity index (χ3v) is 3.63. The van der Waals surface area contributed by atoms with Gasteiger partial charge in [0, 0.05) is 18.2 Å². The number of nitro groups is 1. The van der Waals surface area contributed by atoms with E-state index in [1.807, 2.05) is 0 Å². The van der Waals surface area contributed by atoms with E-state index in [0.717, 1.165) is 12.1 Å². The molecule has 0 heterocycles. The number of alkyl halides is 3. The highest BCUT2D eigenvalue weighted by Gasteiger charge is 2.35. The first-order valence-corrected chi connectivity index (χ1v) is 7.72. The van der Waals surface area contributed by atoms with Crippen LogP contribution in [0.3, 0.4) is 0 Å². The molecule has 0 radical (unpaired) electrons. The molecular weight excluding hydrogens is 387 g/mol. The minimum Gasteiger partial charge on any atom is -0.497 e. The molecule has 144 valence electrons. The quantitative estimate of drug-likeness (QED) is 0.435. The van der Waals surface area contributed by atoms with Gasteiger partial charge in [-0.2, -0.15) is 13.2 Å². The Bertz CT molecular complexity index is 874. The van der Waals surface area contributed by atoms with Crippen LogP contribution < -0.4 is 20.1 Å². The summed E-state index contributed by atoms with van der Waals surface area (Å²) in [5, 5.41) is 15.7. The van der Waals surface area contributed by atoms with Crippen LogP contribution in [0.1, 0.15) is 5.56 Å². The van der Waals surface area contributed by atoms with Crippen LogP contribution in [-0.2, 0) is 6.18 Å². The van der Waals surface area contributed by atoms with Crippen LogP contribution in [0.2, 0.25) is 0 Å². The van der Waals surface area contributed by atoms with E-state index in [-0.39, 0.29) is 5.11 Å². The molecule has 0 aliphatic rings. The summed E-state index contributed by atoms with van der Waals surface area (Å²) in [5.74, 6) is 0.879. The smallest absolute Gasteiger partial charge is 0.418 e. The van der Waals surface area contributed by atoms with Gasteiger partial charge in [-0.15, -0.1) is 0 Å². The molecule has 0 amide bonds. The van der Waals surface area contributed by atoms with E-state index in [9.17, 15) is 23.3 Å². The fourth-order valence-electron chi connectivity index (χ4n) is 2.17. The zero-order chi connectivity index (χ0) is 20.2. The summed E-state index contributed by atoms with van der Waals surface area (Å²) in [6.07, 6.45) is -4.80. The zero-order valence-corrected chi connectivity index (χ0v) is 14.9. The first-order chi connectivity index (χ1) is 12.7. The molecule has 0 fully saturated rings. The number of rotatable bonds is 5. The van der Waals surface area contributed by atoms with E-state index >= 15 is 0 Å². The van der Waals surface area contributed by atoms with Gasteiger partial charge in [-0.05, 0) is 30.4 Å². The van der Waals surface area contributed by atoms with Gasteiger partial charge in [0.25, 0.3) is 5.69 Å². The van der Waals surface area contributed by atoms with Gasteiger partial charge in [-0.1, -0.05) is 0 Å². The lowest BCUT2D eigenvalue weighted by Gasteiger charge is -2.17. The maximum absolute atomic E-state index is 13.2. The van der Waals surface area contributed by atoms with Crippen LogP contribution in [0.25, 0.3) is 0 Å². The number of halogens is 3. The molecule has 0 unspecified atom stereocenters. The zero-order valence-electron chi connectivity index (χ0n) is 14.1. The van der Waals surface area contributed by atoms with E-state index in [1.165, 1.54) is 14.2 Å². The average Bonchev–Trinajstić information content (AvgIpc) is 2.61. The predicted octanol–water partition coefficient (Wildman–Crippen LogP) is 4.44. The van der Waals surface area contributed by atoms with E-state index in [0.29, 0.717) is 23.3 Å². The third-order valence-electron chi connectivity index (χ3n) is 3.42. The molecule has 0 aliphatic heterocycles. The Labute approximate surface area is 157 Å². The van der Waals surface area contributed by atoms with Crippen molar-refractivity contribution in [3.8, 4) is 11.5 Å². The van der Waals surface area contributed by atoms with Crippen LogP contribution in [0.15, 0.2) is 36.4 Å². The lowest BCUT2D eigenvalue weighted by atomic mass is 10.1. The molecule has 27 heavy (non-hydrogen) atoms. The van der Waals surface area contributed by atoms with Crippen LogP contribution in [0, 0.1) is 10.1 Å². The fourth-order valence-corrected chi connectivity index (χ4v) is 2.39. The number of ether oxygens (including phenoxy) is 2. The van der Waals surface area contributed by atoms with Crippen LogP contribution in [-0.4, -0.2) is 24.3 Å². The second kappa shape index (κ2) is 8.08. The van der Waals surface area contributed by atoms with E-state index in [2.05, 4.69) is 10.6 Å². The van der Waals surface area contributed by atoms with Crippen molar-refractivity contribution < 1.29 is 27.6 Å². The molecule has 0 bridgehead atoms. The Hall–Kier alpha value is -3.08. The molecule has 0 aliphatic carbocycles. The van der Waals surface area contributed by atoms with Crippen LogP contribution in [0.5, 0.6) is 11.5 Å². The number of hydrogen-bond donors (Lipinski definition) is 2. The maximum Gasteiger partial charge on any atom is 0.418 e. The van der Waals surface area contributed by atoms with Crippen molar-refractivity contribution >= 4 is 34.4 Å². The Morgan fingerprint density at radius 3 is 2.26 bits per heavy atom. The number of thiocarbonyl (C=S) groups is 1. The van der Waals surface area contributed by atoms with Gasteiger partial charge in [-0.25, -0.2) is 0 Å². The van der Waals surface area contributed by atoms with Crippen molar-refractivity contribution in [2.75, 3.05) is 24.9 Å². The Balaban J connectivity index is 2.27. The van der Waals surface area contributed by atoms with Crippen molar-refractivity contribution in [1.82, 2.24) is 0 Å². The number of nitrogens with one attached hydrogen (secondary N) is 2. The van der Waals surface area contributed by atoms with Gasteiger partial charge in [0.05, 0.1) is 36.1 Å². The van der Waals surface area contributed by atoms with Gasteiger partial charge in [0.2, 0.25) is 0 Å². The Kier molecular flexibility index (Phi) is 6.05. The summed E-state index contributed by atoms with van der Waals surface area (Å²) in [5.41, 5.74) is -1.91. The molecule has 0 saturated carbocycles. The highest BCUT2D eigenvalue weighted by Crippen LogP contribution is 2.37. The van der Waals surface area contributed by atoms with Crippen molar-refractivity contribution in [2.24, 2.45) is 0 Å². The first kappa shape index (κ1) is 20.2. The minimum atomic E-state index is -4.80. The van der Waals surface area contributed by atoms with Gasteiger partial charge in [0.15, 0.2) is 5.11 Å². The molecular formula is C16H14F3N3O4S. The first-order valence-electron chi connectivity index (χ1n) is 7.31. The highest BCUT2D eigenvalue weighted by molar-refractivity contribution is 7.80. The maximum atomic E-state index is 13.2. The predicted molar refractivity (Wildman–Crippen MR) is 97.5 cm³/mol. The van der Waals surface area contributed by atoms with E-state index in [1.54, 1.807) is 18.2 Å². The molecule has 0 spiro atoms. The Morgan fingerprint density at radius 1 is 1.07 bits per heavy atom. The summed E-state index contributed by atoms with van der Waals surface area (Å²) >= 11 is 5.04. The minimum absolute atomic E-state index is 0.155. The number of non-ortho nitro benzene ring substituents is 1. The van der Waals surface area contributed by atoms with Crippen molar-refractivity contribution in [3.63, 3.8) is 0 Å². The summed E-state index contributed by atoms with van der Waals surface area (Å²) in [4.78, 5) is 9.83. The molecule has 2 aromatic rings. The van der Waals surface area contributed by atoms with Crippen LogP contribution in [0.4, 0.5) is 30.2 Å². The SMILES string of the molecule is COc1ccc(NC(=S)Nc2ccc([N+](=O)[O-])cc2C(F)(F)F)c(OC)c1. The molecule has 7 nitrogen and oxygen atoms in total. The third kappa shape index (κ3) is 4.97. The number of methoxy groups -OCH3 is 2. The van der Waals surface area contributed by atoms with Gasteiger partial charge >= 0.3 is 6.18 Å². The molecule has 2 rings (SSSR count). The monoisotopic (exact) mass is 401 g/mol. The topological polar surface area (TPSA) is 85.7 Å². The fraction of sp³-hybridized carbons (Fsp3) is 0.188. The van der Waals surface area contributed by atoms with E-state index in [4.69, 9.17) is 21.7 Å². The summed E-state index contributed by atoms with van der Waals surface area (Å²) in [7, 11) is 2.88. The van der Waals surface area contributed by atoms with E-state index < -0.39 is 28.0 Å². The second-order valence-corrected chi connectivity index (χ2v) is 5.54. The second-order valence-electron chi connectivity index (χ2n) is 5.13. The summed E-state index contributed by atoms with van der Waals surface area (Å²) < 4.78 is 49.9. The summed E-state index contributed by atoms with van der Waals surface area (Å²) in [6.45, 7) is 0. The number of hydrogen-bond acceptors (Lipinski definition) is 5. The highest BCUT2D eigenvalue weighted by atomic mass is 32.1. The van der Waals surface area contributed by atoms with Crippen molar-refractivity contribution in [2.45, 2.75) is 6.18 Å². The Morgan fingerprint density at radius 2 is 1.70 bits per heavy atom. The number of anilines is 2. The lowest BCUT2D eigenvalue weighted by molar-refractivity contribution is -0.385. The van der Waals surface area contributed by atoms with Gasteiger partial charge < -0.3 is 20.1 Å². The molecule has 11 heteroatoms. The standard InChI is InChI=1S/C16H14F3N3O4S/c1-25-10-4-6-13(14(8-10)26-2)21-15(27)20-12-5-3-9(22(23)24)7-11(12)16(17,18)19/h3-8H,1-2H3,(H2,20,21,27). The number of nitrogens with zero attached hydrogens (tertiary/aromatic N) is 1. The van der Waals surface area contributed by atoms with Crippen LogP contribution >= 0.6 is 12.2 Å². The molecule has 2 N–H and O–H groups in total. The lowest BCUT2D eigenvalue weighted by Crippen LogP contribution is -2.22. The summed E-state index contributed by atoms with van der Waals surface area (Å²) in [6, 6.07) is 7.10.